The molecule has 132 valence electrons. The summed E-state index contributed by atoms with van der Waals surface area (Å²) in [4.78, 5) is 37.6. The van der Waals surface area contributed by atoms with E-state index >= 15 is 0 Å². The molecule has 1 fully saturated rings. The average Bonchev–Trinajstić information content (AvgIpc) is 2.99. The molecule has 0 spiro atoms. The predicted molar refractivity (Wildman–Crippen MR) is 82.3 cm³/mol. The highest BCUT2D eigenvalue weighted by atomic mass is 16.5. The number of likely N-dealkylation sites (tertiary alicyclic amines) is 1. The predicted octanol–water partition coefficient (Wildman–Crippen LogP) is -0.358. The van der Waals surface area contributed by atoms with E-state index in [4.69, 9.17) is 5.21 Å². The Hall–Kier alpha value is -1.67. The number of aliphatic hydroxyl groups is 1. The van der Waals surface area contributed by atoms with Crippen LogP contribution in [0.1, 0.15) is 40.0 Å². The SMILES string of the molecule is CC(C)[C@H](NC(=O)[C@H](C)CC(=O)NO)C(=O)N1CCC[C@H]1CO. The minimum Gasteiger partial charge on any atom is -0.394 e. The third-order valence-corrected chi connectivity index (χ3v) is 4.17. The van der Waals surface area contributed by atoms with Crippen LogP contribution in [0.15, 0.2) is 0 Å². The molecule has 0 radical (unpaired) electrons. The van der Waals surface area contributed by atoms with Crippen molar-refractivity contribution < 1.29 is 24.7 Å². The zero-order valence-corrected chi connectivity index (χ0v) is 13.9. The van der Waals surface area contributed by atoms with E-state index in [1.165, 1.54) is 5.48 Å². The van der Waals surface area contributed by atoms with E-state index < -0.39 is 23.8 Å². The summed E-state index contributed by atoms with van der Waals surface area (Å²) in [5.74, 6) is -2.06. The lowest BCUT2D eigenvalue weighted by molar-refractivity contribution is -0.140. The van der Waals surface area contributed by atoms with Gasteiger partial charge in [-0.15, -0.1) is 0 Å². The van der Waals surface area contributed by atoms with Crippen LogP contribution in [-0.2, 0) is 14.4 Å². The number of aliphatic hydroxyl groups excluding tert-OH is 1. The first-order chi connectivity index (χ1) is 10.8. The molecule has 8 heteroatoms. The molecule has 0 saturated carbocycles. The maximum absolute atomic E-state index is 12.7. The molecule has 3 atom stereocenters. The fourth-order valence-electron chi connectivity index (χ4n) is 2.72. The van der Waals surface area contributed by atoms with Gasteiger partial charge in [-0.2, -0.15) is 0 Å². The minimum atomic E-state index is -0.700. The van der Waals surface area contributed by atoms with Gasteiger partial charge in [-0.05, 0) is 18.8 Å². The number of hydrogen-bond acceptors (Lipinski definition) is 5. The molecule has 1 rings (SSSR count). The topological polar surface area (TPSA) is 119 Å². The van der Waals surface area contributed by atoms with E-state index in [9.17, 15) is 19.5 Å². The summed E-state index contributed by atoms with van der Waals surface area (Å²) in [7, 11) is 0. The lowest BCUT2D eigenvalue weighted by Crippen LogP contribution is -2.54. The minimum absolute atomic E-state index is 0.0857. The Bertz CT molecular complexity index is 441. The van der Waals surface area contributed by atoms with Gasteiger partial charge in [0.2, 0.25) is 17.7 Å². The first kappa shape index (κ1) is 19.4. The monoisotopic (exact) mass is 329 g/mol. The summed E-state index contributed by atoms with van der Waals surface area (Å²) >= 11 is 0. The molecule has 0 aromatic carbocycles. The maximum Gasteiger partial charge on any atom is 0.245 e. The van der Waals surface area contributed by atoms with Crippen LogP contribution in [0.3, 0.4) is 0 Å². The summed E-state index contributed by atoms with van der Waals surface area (Å²) in [5, 5.41) is 20.6. The molecule has 1 aliphatic rings. The smallest absolute Gasteiger partial charge is 0.245 e. The highest BCUT2D eigenvalue weighted by molar-refractivity contribution is 5.90. The third-order valence-electron chi connectivity index (χ3n) is 4.17. The van der Waals surface area contributed by atoms with Crippen LogP contribution in [0.4, 0.5) is 0 Å². The molecule has 1 aliphatic heterocycles. The van der Waals surface area contributed by atoms with Gasteiger partial charge in [0.05, 0.1) is 12.6 Å². The molecule has 23 heavy (non-hydrogen) atoms. The van der Waals surface area contributed by atoms with Gasteiger partial charge in [0.1, 0.15) is 6.04 Å². The van der Waals surface area contributed by atoms with Crippen LogP contribution in [0.2, 0.25) is 0 Å². The van der Waals surface area contributed by atoms with Gasteiger partial charge in [0.25, 0.3) is 0 Å². The number of carbonyl (C=O) groups is 3. The number of nitrogens with one attached hydrogen (secondary N) is 2. The second-order valence-electron chi connectivity index (χ2n) is 6.38. The van der Waals surface area contributed by atoms with Crippen LogP contribution in [-0.4, -0.2) is 58.2 Å². The zero-order valence-electron chi connectivity index (χ0n) is 13.9. The van der Waals surface area contributed by atoms with Gasteiger partial charge in [-0.1, -0.05) is 20.8 Å². The summed E-state index contributed by atoms with van der Waals surface area (Å²) in [6, 6.07) is -0.896. The molecule has 0 bridgehead atoms. The van der Waals surface area contributed by atoms with E-state index in [2.05, 4.69) is 5.32 Å². The van der Waals surface area contributed by atoms with Gasteiger partial charge >= 0.3 is 0 Å². The number of amides is 3. The van der Waals surface area contributed by atoms with Crippen molar-refractivity contribution in [1.82, 2.24) is 15.7 Å². The Labute approximate surface area is 136 Å². The lowest BCUT2D eigenvalue weighted by atomic mass is 10.00. The van der Waals surface area contributed by atoms with Gasteiger partial charge in [-0.3, -0.25) is 19.6 Å². The number of hydroxylamine groups is 1. The van der Waals surface area contributed by atoms with Gasteiger partial charge in [0, 0.05) is 18.9 Å². The largest absolute Gasteiger partial charge is 0.394 e. The maximum atomic E-state index is 12.7. The molecule has 0 aliphatic carbocycles. The van der Waals surface area contributed by atoms with Crippen molar-refractivity contribution in [3.63, 3.8) is 0 Å². The Kier molecular flexibility index (Phi) is 7.44. The van der Waals surface area contributed by atoms with Crippen molar-refractivity contribution >= 4 is 17.7 Å². The molecule has 1 saturated heterocycles. The molecular weight excluding hydrogens is 302 g/mol. The number of nitrogens with zero attached hydrogens (tertiary/aromatic N) is 1. The van der Waals surface area contributed by atoms with Crippen molar-refractivity contribution in [2.24, 2.45) is 11.8 Å². The third kappa shape index (κ3) is 5.18. The number of carbonyl (C=O) groups excluding carboxylic acids is 3. The van der Waals surface area contributed by atoms with E-state index in [1.54, 1.807) is 11.8 Å². The summed E-state index contributed by atoms with van der Waals surface area (Å²) in [6.45, 7) is 5.71. The Morgan fingerprint density at radius 2 is 1.91 bits per heavy atom. The Morgan fingerprint density at radius 3 is 2.43 bits per heavy atom. The lowest BCUT2D eigenvalue weighted by Gasteiger charge is -2.30. The van der Waals surface area contributed by atoms with Crippen LogP contribution in [0, 0.1) is 11.8 Å². The summed E-state index contributed by atoms with van der Waals surface area (Å²) < 4.78 is 0. The Morgan fingerprint density at radius 1 is 1.26 bits per heavy atom. The molecule has 0 unspecified atom stereocenters. The van der Waals surface area contributed by atoms with Gasteiger partial charge in [0.15, 0.2) is 0 Å². The van der Waals surface area contributed by atoms with Crippen molar-refractivity contribution in [3.05, 3.63) is 0 Å². The second-order valence-corrected chi connectivity index (χ2v) is 6.38. The molecule has 8 nitrogen and oxygen atoms in total. The van der Waals surface area contributed by atoms with E-state index in [0.29, 0.717) is 6.54 Å². The van der Waals surface area contributed by atoms with Crippen LogP contribution < -0.4 is 10.8 Å². The van der Waals surface area contributed by atoms with Crippen molar-refractivity contribution in [2.75, 3.05) is 13.2 Å². The normalized spacial score (nSPS) is 20.3. The second kappa shape index (κ2) is 8.83. The highest BCUT2D eigenvalue weighted by Crippen LogP contribution is 2.20. The molecule has 4 N–H and O–H groups in total. The van der Waals surface area contributed by atoms with E-state index in [1.807, 2.05) is 13.8 Å². The van der Waals surface area contributed by atoms with Crippen LogP contribution >= 0.6 is 0 Å². The van der Waals surface area contributed by atoms with E-state index in [-0.39, 0.29) is 30.9 Å². The molecule has 3 amide bonds. The van der Waals surface area contributed by atoms with Crippen molar-refractivity contribution in [1.29, 1.82) is 0 Å². The quantitative estimate of drug-likeness (QED) is 0.376. The molecule has 1 heterocycles. The standard InChI is InChI=1S/C15H27N3O5/c1-9(2)13(15(22)18-6-4-5-11(18)8-19)16-14(21)10(3)7-12(20)17-23/h9-11,13,19,23H,4-8H2,1-3H3,(H,16,21)(H,17,20)/t10-,11+,13+/m1/s1. The first-order valence-electron chi connectivity index (χ1n) is 7.96. The zero-order chi connectivity index (χ0) is 17.6. The van der Waals surface area contributed by atoms with Crippen LogP contribution in [0.5, 0.6) is 0 Å². The molecular formula is C15H27N3O5. The van der Waals surface area contributed by atoms with Crippen molar-refractivity contribution in [3.8, 4) is 0 Å². The van der Waals surface area contributed by atoms with Gasteiger partial charge in [-0.25, -0.2) is 5.48 Å². The van der Waals surface area contributed by atoms with Crippen molar-refractivity contribution in [2.45, 2.75) is 52.1 Å². The summed E-state index contributed by atoms with van der Waals surface area (Å²) in [6.07, 6.45) is 1.43. The average molecular weight is 329 g/mol. The first-order valence-corrected chi connectivity index (χ1v) is 7.96. The summed E-state index contributed by atoms with van der Waals surface area (Å²) in [5.41, 5.74) is 1.49. The Balaban J connectivity index is 2.73. The fourth-order valence-corrected chi connectivity index (χ4v) is 2.72. The number of hydrogen-bond donors (Lipinski definition) is 4. The van der Waals surface area contributed by atoms with Crippen LogP contribution in [0.25, 0.3) is 0 Å². The molecule has 0 aromatic rings. The molecule has 0 aromatic heterocycles. The highest BCUT2D eigenvalue weighted by Gasteiger charge is 2.35. The fraction of sp³-hybridized carbons (Fsp3) is 0.800. The van der Waals surface area contributed by atoms with E-state index in [0.717, 1.165) is 12.8 Å². The number of rotatable bonds is 7. The van der Waals surface area contributed by atoms with Gasteiger partial charge < -0.3 is 15.3 Å².